The zero-order chi connectivity index (χ0) is 19.3. The number of fused-ring (bicyclic) bond motifs is 2. The molecule has 0 aliphatic carbocycles. The van der Waals surface area contributed by atoms with E-state index in [4.69, 9.17) is 9.47 Å². The minimum Gasteiger partial charge on any atom is -0.478 e. The average Bonchev–Trinajstić information content (AvgIpc) is 3.26. The van der Waals surface area contributed by atoms with Crippen LogP contribution in [0.15, 0.2) is 42.9 Å². The summed E-state index contributed by atoms with van der Waals surface area (Å²) >= 11 is 0. The summed E-state index contributed by atoms with van der Waals surface area (Å²) in [6.45, 7) is 1.75. The van der Waals surface area contributed by atoms with Crippen LogP contribution in [-0.4, -0.2) is 45.0 Å². The molecule has 0 radical (unpaired) electrons. The summed E-state index contributed by atoms with van der Waals surface area (Å²) in [6.07, 6.45) is 4.77. The smallest absolute Gasteiger partial charge is 0.200 e. The summed E-state index contributed by atoms with van der Waals surface area (Å²) in [5.74, 6) is -1.50. The zero-order valence-electron chi connectivity index (χ0n) is 15.2. The minimum atomic E-state index is -0.611. The van der Waals surface area contributed by atoms with E-state index in [1.165, 1.54) is 0 Å². The van der Waals surface area contributed by atoms with Crippen molar-refractivity contribution in [1.82, 2.24) is 19.7 Å². The number of aryl methyl sites for hydroxylation is 1. The largest absolute Gasteiger partial charge is 0.478 e. The second-order valence-corrected chi connectivity index (χ2v) is 7.11. The lowest BCUT2D eigenvalue weighted by molar-refractivity contribution is 0.0467. The van der Waals surface area contributed by atoms with Gasteiger partial charge in [-0.1, -0.05) is 0 Å². The van der Waals surface area contributed by atoms with Crippen LogP contribution in [0, 0.1) is 11.6 Å². The first kappa shape index (κ1) is 17.1. The Kier molecular flexibility index (Phi) is 4.01. The van der Waals surface area contributed by atoms with Crippen LogP contribution in [0.1, 0.15) is 5.56 Å². The van der Waals surface area contributed by atoms with Gasteiger partial charge < -0.3 is 9.47 Å². The van der Waals surface area contributed by atoms with Gasteiger partial charge in [-0.25, -0.2) is 8.78 Å². The van der Waals surface area contributed by atoms with Gasteiger partial charge in [0, 0.05) is 56.4 Å². The first-order valence-corrected chi connectivity index (χ1v) is 9.05. The maximum atomic E-state index is 14.0. The van der Waals surface area contributed by atoms with Crippen molar-refractivity contribution in [3.05, 3.63) is 60.1 Å². The van der Waals surface area contributed by atoms with Crippen molar-refractivity contribution in [2.75, 3.05) is 13.1 Å². The molecule has 4 heterocycles. The summed E-state index contributed by atoms with van der Waals surface area (Å²) in [7, 11) is 1.88. The molecule has 1 aromatic carbocycles. The second-order valence-electron chi connectivity index (χ2n) is 7.11. The molecule has 2 aliphatic heterocycles. The van der Waals surface area contributed by atoms with Crippen LogP contribution in [0.5, 0.6) is 11.5 Å². The molecular weight excluding hydrogens is 366 g/mol. The number of pyridine rings is 1. The quantitative estimate of drug-likeness (QED) is 0.695. The highest BCUT2D eigenvalue weighted by molar-refractivity contribution is 5.62. The van der Waals surface area contributed by atoms with Crippen molar-refractivity contribution >= 4 is 0 Å². The molecule has 28 heavy (non-hydrogen) atoms. The first-order valence-electron chi connectivity index (χ1n) is 9.05. The Balaban J connectivity index is 1.37. The number of halogens is 2. The van der Waals surface area contributed by atoms with Crippen molar-refractivity contribution in [2.45, 2.75) is 18.8 Å². The van der Waals surface area contributed by atoms with E-state index in [1.54, 1.807) is 17.1 Å². The van der Waals surface area contributed by atoms with Gasteiger partial charge in [0.05, 0.1) is 5.69 Å². The predicted octanol–water partition coefficient (Wildman–Crippen LogP) is 2.78. The number of likely N-dealkylation sites (tertiary alicyclic amines) is 1. The monoisotopic (exact) mass is 384 g/mol. The molecule has 0 spiro atoms. The third-order valence-corrected chi connectivity index (χ3v) is 5.10. The van der Waals surface area contributed by atoms with E-state index in [0.29, 0.717) is 19.6 Å². The van der Waals surface area contributed by atoms with Crippen molar-refractivity contribution in [3.63, 3.8) is 0 Å². The summed E-state index contributed by atoms with van der Waals surface area (Å²) in [4.78, 5) is 6.21. The van der Waals surface area contributed by atoms with E-state index >= 15 is 0 Å². The van der Waals surface area contributed by atoms with Gasteiger partial charge in [0.25, 0.3) is 0 Å². The molecule has 3 aromatic rings. The van der Waals surface area contributed by atoms with Gasteiger partial charge in [0.2, 0.25) is 11.5 Å². The molecule has 1 saturated heterocycles. The number of rotatable bonds is 3. The normalized spacial score (nSPS) is 21.0. The van der Waals surface area contributed by atoms with Crippen molar-refractivity contribution in [1.29, 1.82) is 0 Å². The summed E-state index contributed by atoms with van der Waals surface area (Å²) < 4.78 is 41.3. The number of ether oxygens (including phenoxy) is 2. The van der Waals surface area contributed by atoms with Gasteiger partial charge >= 0.3 is 0 Å². The number of benzene rings is 1. The Bertz CT molecular complexity index is 986. The number of aromatic nitrogens is 3. The van der Waals surface area contributed by atoms with Crippen LogP contribution >= 0.6 is 0 Å². The Morgan fingerprint density at radius 2 is 1.61 bits per heavy atom. The van der Waals surface area contributed by atoms with E-state index in [1.807, 2.05) is 25.4 Å². The Morgan fingerprint density at radius 3 is 2.21 bits per heavy atom. The SMILES string of the molecule is Cn1cc(CN2C[C@@H]3Oc4c(F)ccc(F)c4O[C@@H]3C2)c(-c2ccncc2)n1. The molecule has 2 aromatic heterocycles. The molecule has 5 rings (SSSR count). The fourth-order valence-electron chi connectivity index (χ4n) is 3.86. The van der Waals surface area contributed by atoms with Gasteiger partial charge in [0.15, 0.2) is 11.6 Å². The number of nitrogens with zero attached hydrogens (tertiary/aromatic N) is 4. The van der Waals surface area contributed by atoms with Gasteiger partial charge in [-0.05, 0) is 24.3 Å². The molecule has 2 aliphatic rings. The molecule has 0 saturated carbocycles. The minimum absolute atomic E-state index is 0.137. The van der Waals surface area contributed by atoms with Crippen LogP contribution in [-0.2, 0) is 13.6 Å². The van der Waals surface area contributed by atoms with Crippen molar-refractivity contribution in [3.8, 4) is 22.8 Å². The van der Waals surface area contributed by atoms with E-state index < -0.39 is 11.6 Å². The Hall–Kier alpha value is -3.00. The van der Waals surface area contributed by atoms with Gasteiger partial charge in [-0.2, -0.15) is 5.10 Å². The standard InChI is InChI=1S/C20H18F2N4O2/c1-25-8-13(18(24-25)12-4-6-23-7-5-12)9-26-10-16-17(11-26)28-20-15(22)3-2-14(21)19(20)27-16/h2-8,16-17H,9-11H2,1H3/t16-,17+. The lowest BCUT2D eigenvalue weighted by atomic mass is 10.1. The molecule has 0 bridgehead atoms. The highest BCUT2D eigenvalue weighted by atomic mass is 19.1. The molecular formula is C20H18F2N4O2. The third-order valence-electron chi connectivity index (χ3n) is 5.10. The molecule has 1 fully saturated rings. The molecule has 8 heteroatoms. The van der Waals surface area contributed by atoms with Crippen molar-refractivity contribution < 1.29 is 18.3 Å². The topological polar surface area (TPSA) is 52.4 Å². The molecule has 2 atom stereocenters. The van der Waals surface area contributed by atoms with Crippen LogP contribution in [0.25, 0.3) is 11.3 Å². The fourth-order valence-corrected chi connectivity index (χ4v) is 3.86. The Morgan fingerprint density at radius 1 is 1.00 bits per heavy atom. The molecule has 6 nitrogen and oxygen atoms in total. The van der Waals surface area contributed by atoms with Crippen LogP contribution in [0.2, 0.25) is 0 Å². The van der Waals surface area contributed by atoms with Crippen LogP contribution < -0.4 is 9.47 Å². The summed E-state index contributed by atoms with van der Waals surface area (Å²) in [5.41, 5.74) is 2.94. The highest BCUT2D eigenvalue weighted by Crippen LogP contribution is 2.40. The van der Waals surface area contributed by atoms with Crippen molar-refractivity contribution in [2.24, 2.45) is 7.05 Å². The fraction of sp³-hybridized carbons (Fsp3) is 0.300. The zero-order valence-corrected chi connectivity index (χ0v) is 15.2. The van der Waals surface area contributed by atoms with E-state index in [2.05, 4.69) is 15.0 Å². The van der Waals surface area contributed by atoms with Gasteiger partial charge in [0.1, 0.15) is 12.2 Å². The maximum absolute atomic E-state index is 14.0. The molecule has 0 unspecified atom stereocenters. The lowest BCUT2D eigenvalue weighted by Gasteiger charge is -2.28. The lowest BCUT2D eigenvalue weighted by Crippen LogP contribution is -2.39. The first-order chi connectivity index (χ1) is 13.6. The van der Waals surface area contributed by atoms with Gasteiger partial charge in [-0.15, -0.1) is 0 Å². The summed E-state index contributed by atoms with van der Waals surface area (Å²) in [5, 5.41) is 4.57. The average molecular weight is 384 g/mol. The second kappa shape index (κ2) is 6.56. The predicted molar refractivity (Wildman–Crippen MR) is 96.9 cm³/mol. The molecule has 0 N–H and O–H groups in total. The summed E-state index contributed by atoms with van der Waals surface area (Å²) in [6, 6.07) is 5.95. The van der Waals surface area contributed by atoms with E-state index in [-0.39, 0.29) is 23.7 Å². The number of hydrogen-bond acceptors (Lipinski definition) is 5. The number of hydrogen-bond donors (Lipinski definition) is 0. The van der Waals surface area contributed by atoms with Crippen LogP contribution in [0.3, 0.4) is 0 Å². The van der Waals surface area contributed by atoms with E-state index in [0.717, 1.165) is 29.0 Å². The van der Waals surface area contributed by atoms with E-state index in [9.17, 15) is 8.78 Å². The Labute approximate surface area is 160 Å². The molecule has 0 amide bonds. The van der Waals surface area contributed by atoms with Gasteiger partial charge in [-0.3, -0.25) is 14.6 Å². The van der Waals surface area contributed by atoms with Crippen LogP contribution in [0.4, 0.5) is 8.78 Å². The third kappa shape index (κ3) is 2.90. The highest BCUT2D eigenvalue weighted by Gasteiger charge is 2.42. The maximum Gasteiger partial charge on any atom is 0.200 e. The molecule has 144 valence electrons.